The Morgan fingerprint density at radius 3 is 2.43 bits per heavy atom. The molecule has 0 atom stereocenters. The van der Waals surface area contributed by atoms with E-state index >= 15 is 0 Å². The van der Waals surface area contributed by atoms with Gasteiger partial charge in [-0.3, -0.25) is 9.59 Å². The molecule has 1 aromatic heterocycles. The number of esters is 1. The van der Waals surface area contributed by atoms with E-state index in [1.807, 2.05) is 13.8 Å². The lowest BCUT2D eigenvalue weighted by Crippen LogP contribution is -2.41. The lowest BCUT2D eigenvalue weighted by molar-refractivity contribution is -0.149. The van der Waals surface area contributed by atoms with Crippen LogP contribution in [0.4, 0.5) is 4.39 Å². The summed E-state index contributed by atoms with van der Waals surface area (Å²) in [7, 11) is 0. The highest BCUT2D eigenvalue weighted by Crippen LogP contribution is 2.26. The van der Waals surface area contributed by atoms with Crippen LogP contribution in [-0.2, 0) is 9.53 Å². The number of hydrogen-bond acceptors (Lipinski definition) is 4. The zero-order chi connectivity index (χ0) is 20.3. The van der Waals surface area contributed by atoms with Crippen LogP contribution in [0.15, 0.2) is 30.5 Å². The Morgan fingerprint density at radius 1 is 1.21 bits per heavy atom. The molecule has 1 aliphatic rings. The fraction of sp³-hybridized carbons (Fsp3) is 0.476. The highest BCUT2D eigenvalue weighted by Gasteiger charge is 2.31. The van der Waals surface area contributed by atoms with E-state index < -0.39 is 0 Å². The fourth-order valence-corrected chi connectivity index (χ4v) is 3.62. The summed E-state index contributed by atoms with van der Waals surface area (Å²) in [6, 6.07) is 6.05. The van der Waals surface area contributed by atoms with E-state index in [-0.39, 0.29) is 29.5 Å². The summed E-state index contributed by atoms with van der Waals surface area (Å²) in [4.78, 5) is 26.8. The lowest BCUT2D eigenvalue weighted by atomic mass is 9.96. The molecule has 28 heavy (non-hydrogen) atoms. The minimum atomic E-state index is -0.317. The molecule has 2 heterocycles. The van der Waals surface area contributed by atoms with Crippen molar-refractivity contribution in [3.63, 3.8) is 0 Å². The van der Waals surface area contributed by atoms with E-state index in [1.54, 1.807) is 34.8 Å². The predicted molar refractivity (Wildman–Crippen MR) is 103 cm³/mol. The summed E-state index contributed by atoms with van der Waals surface area (Å²) < 4.78 is 20.0. The van der Waals surface area contributed by atoms with Crippen molar-refractivity contribution >= 4 is 11.9 Å². The van der Waals surface area contributed by atoms with Crippen molar-refractivity contribution in [2.45, 2.75) is 39.5 Å². The van der Waals surface area contributed by atoms with Crippen LogP contribution in [0.5, 0.6) is 0 Å². The standard InChI is InChI=1S/C21H26FN3O3/c1-4-28-21(27)15-9-11-24(12-10-15)20(26)18-13-23-25(19(18)14(2)3)17-7-5-16(22)6-8-17/h5-8,13-15H,4,9-12H2,1-3H3. The third-order valence-corrected chi connectivity index (χ3v) is 5.06. The molecular formula is C21H26FN3O3. The van der Waals surface area contributed by atoms with Gasteiger partial charge >= 0.3 is 5.97 Å². The van der Waals surface area contributed by atoms with E-state index in [0.29, 0.717) is 43.8 Å². The van der Waals surface area contributed by atoms with Gasteiger partial charge in [0.05, 0.1) is 35.7 Å². The number of aromatic nitrogens is 2. The second-order valence-electron chi connectivity index (χ2n) is 7.30. The van der Waals surface area contributed by atoms with Gasteiger partial charge in [0.1, 0.15) is 5.82 Å². The molecule has 0 spiro atoms. The van der Waals surface area contributed by atoms with Crippen molar-refractivity contribution in [2.75, 3.05) is 19.7 Å². The van der Waals surface area contributed by atoms with Crippen LogP contribution in [0.1, 0.15) is 55.6 Å². The molecular weight excluding hydrogens is 361 g/mol. The first-order valence-electron chi connectivity index (χ1n) is 9.72. The minimum absolute atomic E-state index is 0.0589. The molecule has 1 fully saturated rings. The molecule has 0 bridgehead atoms. The Labute approximate surface area is 164 Å². The third kappa shape index (κ3) is 4.08. The summed E-state index contributed by atoms with van der Waals surface area (Å²) >= 11 is 0. The van der Waals surface area contributed by atoms with Gasteiger partial charge in [-0.1, -0.05) is 13.8 Å². The quantitative estimate of drug-likeness (QED) is 0.736. The Balaban J connectivity index is 1.79. The van der Waals surface area contributed by atoms with Gasteiger partial charge in [0.15, 0.2) is 0 Å². The highest BCUT2D eigenvalue weighted by atomic mass is 19.1. The van der Waals surface area contributed by atoms with Crippen LogP contribution in [0.25, 0.3) is 5.69 Å². The summed E-state index contributed by atoms with van der Waals surface area (Å²) in [5, 5.41) is 4.39. The van der Waals surface area contributed by atoms with E-state index in [0.717, 1.165) is 5.69 Å². The number of carbonyl (C=O) groups is 2. The molecule has 3 rings (SSSR count). The lowest BCUT2D eigenvalue weighted by Gasteiger charge is -2.31. The molecule has 6 nitrogen and oxygen atoms in total. The molecule has 0 unspecified atom stereocenters. The van der Waals surface area contributed by atoms with Crippen LogP contribution in [0.2, 0.25) is 0 Å². The average Bonchev–Trinajstić information content (AvgIpc) is 3.13. The first-order chi connectivity index (χ1) is 13.4. The second-order valence-corrected chi connectivity index (χ2v) is 7.30. The molecule has 150 valence electrons. The summed E-state index contributed by atoms with van der Waals surface area (Å²) in [5.74, 6) is -0.664. The van der Waals surface area contributed by atoms with Gasteiger partial charge in [-0.2, -0.15) is 5.10 Å². The van der Waals surface area contributed by atoms with E-state index in [1.165, 1.54) is 12.1 Å². The van der Waals surface area contributed by atoms with Crippen molar-refractivity contribution in [3.05, 3.63) is 47.5 Å². The zero-order valence-corrected chi connectivity index (χ0v) is 16.5. The maximum absolute atomic E-state index is 13.3. The number of hydrogen-bond donors (Lipinski definition) is 0. The maximum Gasteiger partial charge on any atom is 0.309 e. The molecule has 0 radical (unpaired) electrons. The average molecular weight is 387 g/mol. The Hall–Kier alpha value is -2.70. The van der Waals surface area contributed by atoms with Crippen LogP contribution in [0.3, 0.4) is 0 Å². The van der Waals surface area contributed by atoms with E-state index in [9.17, 15) is 14.0 Å². The molecule has 1 saturated heterocycles. The molecule has 0 N–H and O–H groups in total. The topological polar surface area (TPSA) is 64.4 Å². The van der Waals surface area contributed by atoms with E-state index in [2.05, 4.69) is 5.10 Å². The number of piperidine rings is 1. The Bertz CT molecular complexity index is 837. The smallest absolute Gasteiger partial charge is 0.309 e. The molecule has 2 aromatic rings. The van der Waals surface area contributed by atoms with Gasteiger partial charge in [0, 0.05) is 13.1 Å². The number of nitrogens with zero attached hydrogens (tertiary/aromatic N) is 3. The Morgan fingerprint density at radius 2 is 1.86 bits per heavy atom. The van der Waals surface area contributed by atoms with E-state index in [4.69, 9.17) is 4.74 Å². The molecule has 1 amide bonds. The van der Waals surface area contributed by atoms with Crippen molar-refractivity contribution in [3.8, 4) is 5.69 Å². The van der Waals surface area contributed by atoms with Crippen molar-refractivity contribution in [2.24, 2.45) is 5.92 Å². The summed E-state index contributed by atoms with van der Waals surface area (Å²) in [6.07, 6.45) is 2.79. The van der Waals surface area contributed by atoms with Gasteiger partial charge in [-0.15, -0.1) is 0 Å². The normalized spacial score (nSPS) is 15.1. The predicted octanol–water partition coefficient (Wildman–Crippen LogP) is 3.55. The van der Waals surface area contributed by atoms with Crippen LogP contribution in [0, 0.1) is 11.7 Å². The number of likely N-dealkylation sites (tertiary alicyclic amines) is 1. The SMILES string of the molecule is CCOC(=O)C1CCN(C(=O)c2cnn(-c3ccc(F)cc3)c2C(C)C)CC1. The van der Waals surface area contributed by atoms with Crippen molar-refractivity contribution < 1.29 is 18.7 Å². The number of rotatable bonds is 5. The maximum atomic E-state index is 13.3. The highest BCUT2D eigenvalue weighted by molar-refractivity contribution is 5.95. The number of benzene rings is 1. The largest absolute Gasteiger partial charge is 0.466 e. The number of halogens is 1. The monoisotopic (exact) mass is 387 g/mol. The second kappa shape index (κ2) is 8.54. The summed E-state index contributed by atoms with van der Waals surface area (Å²) in [5.41, 5.74) is 2.06. The van der Waals surface area contributed by atoms with Gasteiger partial charge in [-0.05, 0) is 49.9 Å². The molecule has 0 aliphatic carbocycles. The summed E-state index contributed by atoms with van der Waals surface area (Å²) in [6.45, 7) is 7.20. The van der Waals surface area contributed by atoms with Crippen molar-refractivity contribution in [1.82, 2.24) is 14.7 Å². The minimum Gasteiger partial charge on any atom is -0.466 e. The first kappa shape index (κ1) is 20.0. The molecule has 0 saturated carbocycles. The number of carbonyl (C=O) groups excluding carboxylic acids is 2. The number of amides is 1. The van der Waals surface area contributed by atoms with Gasteiger partial charge in [0.2, 0.25) is 0 Å². The van der Waals surface area contributed by atoms with Crippen LogP contribution in [-0.4, -0.2) is 46.3 Å². The van der Waals surface area contributed by atoms with Crippen LogP contribution >= 0.6 is 0 Å². The Kier molecular flexibility index (Phi) is 6.11. The van der Waals surface area contributed by atoms with Gasteiger partial charge in [-0.25, -0.2) is 9.07 Å². The van der Waals surface area contributed by atoms with Crippen molar-refractivity contribution in [1.29, 1.82) is 0 Å². The number of ether oxygens (including phenoxy) is 1. The van der Waals surface area contributed by atoms with Crippen LogP contribution < -0.4 is 0 Å². The first-order valence-corrected chi connectivity index (χ1v) is 9.72. The zero-order valence-electron chi connectivity index (χ0n) is 16.5. The molecule has 7 heteroatoms. The molecule has 1 aromatic carbocycles. The third-order valence-electron chi connectivity index (χ3n) is 5.06. The van der Waals surface area contributed by atoms with Gasteiger partial charge in [0.25, 0.3) is 5.91 Å². The van der Waals surface area contributed by atoms with Gasteiger partial charge < -0.3 is 9.64 Å². The fourth-order valence-electron chi connectivity index (χ4n) is 3.62. The molecule has 1 aliphatic heterocycles.